The van der Waals surface area contributed by atoms with Gasteiger partial charge in [0.25, 0.3) is 10.0 Å². The Morgan fingerprint density at radius 2 is 2.05 bits per heavy atom. The Bertz CT molecular complexity index is 585. The average Bonchev–Trinajstić information content (AvgIpc) is 2.80. The molecule has 0 unspecified atom stereocenters. The highest BCUT2D eigenvalue weighted by Crippen LogP contribution is 2.22. The number of nitrogens with two attached hydrogens (primary N) is 1. The van der Waals surface area contributed by atoms with E-state index in [2.05, 4.69) is 20.2 Å². The number of hydrogen-bond acceptors (Lipinski definition) is 7. The lowest BCUT2D eigenvalue weighted by molar-refractivity contribution is -0.114. The highest BCUT2D eigenvalue weighted by Gasteiger charge is 2.29. The van der Waals surface area contributed by atoms with Gasteiger partial charge in [-0.15, -0.1) is 10.2 Å². The van der Waals surface area contributed by atoms with Crippen LogP contribution in [0.2, 0.25) is 0 Å². The van der Waals surface area contributed by atoms with Gasteiger partial charge in [0.1, 0.15) is 0 Å². The predicted molar refractivity (Wildman–Crippen MR) is 74.8 cm³/mol. The van der Waals surface area contributed by atoms with Gasteiger partial charge >= 0.3 is 0 Å². The van der Waals surface area contributed by atoms with Gasteiger partial charge in [0.05, 0.1) is 0 Å². The summed E-state index contributed by atoms with van der Waals surface area (Å²) in [5.41, 5.74) is 5.92. The van der Waals surface area contributed by atoms with Crippen molar-refractivity contribution in [1.82, 2.24) is 14.9 Å². The predicted octanol–water partition coefficient (Wildman–Crippen LogP) is 0.0447. The monoisotopic (exact) mass is 319 g/mol. The highest BCUT2D eigenvalue weighted by atomic mass is 32.2. The van der Waals surface area contributed by atoms with Crippen LogP contribution in [0.3, 0.4) is 0 Å². The molecule has 1 heterocycles. The Kier molecular flexibility index (Phi) is 4.68. The fourth-order valence-electron chi connectivity index (χ4n) is 2.08. The molecule has 1 amide bonds. The third-order valence-electron chi connectivity index (χ3n) is 3.05. The first-order chi connectivity index (χ1) is 9.38. The van der Waals surface area contributed by atoms with E-state index in [-0.39, 0.29) is 27.5 Å². The largest absolute Gasteiger partial charge is 0.326 e. The summed E-state index contributed by atoms with van der Waals surface area (Å²) in [6, 6.07) is -0.455. The van der Waals surface area contributed by atoms with Crippen LogP contribution in [0.5, 0.6) is 0 Å². The molecule has 1 aliphatic rings. The minimum absolute atomic E-state index is 0.158. The summed E-state index contributed by atoms with van der Waals surface area (Å²) in [4.78, 5) is 10.9. The molecule has 112 valence electrons. The Hall–Kier alpha value is -1.10. The van der Waals surface area contributed by atoms with Crippen LogP contribution in [0, 0.1) is 0 Å². The molecular formula is C10H17N5O3S2. The fourth-order valence-corrected chi connectivity index (χ4v) is 4.36. The second-order valence-corrected chi connectivity index (χ2v) is 7.60. The van der Waals surface area contributed by atoms with E-state index in [1.54, 1.807) is 0 Å². The van der Waals surface area contributed by atoms with Crippen molar-refractivity contribution in [3.63, 3.8) is 0 Å². The molecule has 2 rings (SSSR count). The molecule has 1 aliphatic carbocycles. The molecule has 0 bridgehead atoms. The average molecular weight is 319 g/mol. The Balaban J connectivity index is 2.09. The number of aromatic nitrogens is 2. The van der Waals surface area contributed by atoms with E-state index in [9.17, 15) is 13.2 Å². The smallest absolute Gasteiger partial charge is 0.270 e. The molecule has 0 radical (unpaired) electrons. The van der Waals surface area contributed by atoms with Crippen LogP contribution in [-0.4, -0.2) is 36.6 Å². The first-order valence-electron chi connectivity index (χ1n) is 6.27. The molecule has 8 nitrogen and oxygen atoms in total. The van der Waals surface area contributed by atoms with E-state index in [1.807, 2.05) is 0 Å². The summed E-state index contributed by atoms with van der Waals surface area (Å²) in [6.45, 7) is 1.31. The number of amides is 1. The quantitative estimate of drug-likeness (QED) is 0.673. The number of carbonyl (C=O) groups is 1. The summed E-state index contributed by atoms with van der Waals surface area (Å²) < 4.78 is 26.7. The first kappa shape index (κ1) is 15.3. The van der Waals surface area contributed by atoms with Gasteiger partial charge in [-0.05, 0) is 12.8 Å². The molecular weight excluding hydrogens is 302 g/mol. The summed E-state index contributed by atoms with van der Waals surface area (Å²) in [6.07, 6.45) is 3.50. The van der Waals surface area contributed by atoms with Gasteiger partial charge in [-0.1, -0.05) is 24.2 Å². The SMILES string of the molecule is CC(=O)Nc1nnc(S(=O)(=O)N[C@@H]2CCCC[C@H]2N)s1. The fraction of sp³-hybridized carbons (Fsp3) is 0.700. The maximum absolute atomic E-state index is 12.2. The molecule has 0 saturated heterocycles. The normalized spacial score (nSPS) is 23.5. The Labute approximate surface area is 121 Å². The number of anilines is 1. The molecule has 10 heteroatoms. The van der Waals surface area contributed by atoms with E-state index in [1.165, 1.54) is 6.92 Å². The van der Waals surface area contributed by atoms with Gasteiger partial charge in [0.15, 0.2) is 0 Å². The van der Waals surface area contributed by atoms with Gasteiger partial charge in [-0.2, -0.15) is 0 Å². The van der Waals surface area contributed by atoms with Crippen LogP contribution in [0.1, 0.15) is 32.6 Å². The van der Waals surface area contributed by atoms with Crippen LogP contribution < -0.4 is 15.8 Å². The van der Waals surface area contributed by atoms with Gasteiger partial charge in [-0.25, -0.2) is 13.1 Å². The standard InChI is InChI=1S/C10H17N5O3S2/c1-6(16)12-9-13-14-10(19-9)20(17,18)15-8-5-3-2-4-7(8)11/h7-8,15H,2-5,11H2,1H3,(H,12,13,16)/t7-,8-/m1/s1. The molecule has 0 aliphatic heterocycles. The molecule has 0 aromatic carbocycles. The molecule has 0 spiro atoms. The topological polar surface area (TPSA) is 127 Å². The maximum Gasteiger partial charge on any atom is 0.270 e. The summed E-state index contributed by atoms with van der Waals surface area (Å²) in [5.74, 6) is -0.327. The second-order valence-electron chi connectivity index (χ2n) is 4.73. The molecule has 2 atom stereocenters. The lowest BCUT2D eigenvalue weighted by Crippen LogP contribution is -2.49. The number of hydrogen-bond donors (Lipinski definition) is 3. The maximum atomic E-state index is 12.2. The van der Waals surface area contributed by atoms with Crippen molar-refractivity contribution >= 4 is 32.4 Å². The van der Waals surface area contributed by atoms with Crippen LogP contribution >= 0.6 is 11.3 Å². The zero-order valence-corrected chi connectivity index (χ0v) is 12.6. The summed E-state index contributed by atoms with van der Waals surface area (Å²) in [7, 11) is -3.74. The molecule has 1 fully saturated rings. The van der Waals surface area contributed by atoms with E-state index < -0.39 is 10.0 Å². The summed E-state index contributed by atoms with van der Waals surface area (Å²) in [5, 5.41) is 9.77. The number of carbonyl (C=O) groups excluding carboxylic acids is 1. The lowest BCUT2D eigenvalue weighted by Gasteiger charge is -2.28. The lowest BCUT2D eigenvalue weighted by atomic mass is 9.92. The van der Waals surface area contributed by atoms with Gasteiger partial charge in [-0.3, -0.25) is 4.79 Å². The Morgan fingerprint density at radius 1 is 1.35 bits per heavy atom. The van der Waals surface area contributed by atoms with Crippen molar-refractivity contribution in [3.8, 4) is 0 Å². The van der Waals surface area contributed by atoms with E-state index in [0.717, 1.165) is 37.0 Å². The number of nitrogens with one attached hydrogen (secondary N) is 2. The number of nitrogens with zero attached hydrogens (tertiary/aromatic N) is 2. The second kappa shape index (κ2) is 6.12. The number of sulfonamides is 1. The van der Waals surface area contributed by atoms with Crippen molar-refractivity contribution < 1.29 is 13.2 Å². The minimum Gasteiger partial charge on any atom is -0.326 e. The van der Waals surface area contributed by atoms with E-state index >= 15 is 0 Å². The molecule has 1 aromatic rings. The van der Waals surface area contributed by atoms with Crippen LogP contribution in [0.25, 0.3) is 0 Å². The zero-order valence-electron chi connectivity index (χ0n) is 11.0. The molecule has 1 saturated carbocycles. The summed E-state index contributed by atoms with van der Waals surface area (Å²) >= 11 is 0.813. The van der Waals surface area contributed by atoms with Gasteiger partial charge < -0.3 is 11.1 Å². The first-order valence-corrected chi connectivity index (χ1v) is 8.57. The highest BCUT2D eigenvalue weighted by molar-refractivity contribution is 7.91. The zero-order chi connectivity index (χ0) is 14.8. The van der Waals surface area contributed by atoms with Crippen molar-refractivity contribution in [2.24, 2.45) is 5.73 Å². The number of rotatable bonds is 4. The van der Waals surface area contributed by atoms with Crippen LogP contribution in [-0.2, 0) is 14.8 Å². The van der Waals surface area contributed by atoms with E-state index in [0.29, 0.717) is 0 Å². The molecule has 1 aromatic heterocycles. The van der Waals surface area contributed by atoms with Crippen LogP contribution in [0.15, 0.2) is 4.34 Å². The van der Waals surface area contributed by atoms with Crippen molar-refractivity contribution in [1.29, 1.82) is 0 Å². The van der Waals surface area contributed by atoms with Crippen LogP contribution in [0.4, 0.5) is 5.13 Å². The van der Waals surface area contributed by atoms with Crippen molar-refractivity contribution in [2.45, 2.75) is 49.0 Å². The third kappa shape index (κ3) is 3.72. The minimum atomic E-state index is -3.74. The Morgan fingerprint density at radius 3 is 2.70 bits per heavy atom. The van der Waals surface area contributed by atoms with Gasteiger partial charge in [0, 0.05) is 19.0 Å². The van der Waals surface area contributed by atoms with Crippen molar-refractivity contribution in [2.75, 3.05) is 5.32 Å². The third-order valence-corrected chi connectivity index (χ3v) is 5.74. The van der Waals surface area contributed by atoms with Crippen molar-refractivity contribution in [3.05, 3.63) is 0 Å². The molecule has 4 N–H and O–H groups in total. The van der Waals surface area contributed by atoms with E-state index in [4.69, 9.17) is 5.73 Å². The molecule has 20 heavy (non-hydrogen) atoms. The van der Waals surface area contributed by atoms with Gasteiger partial charge in [0.2, 0.25) is 15.4 Å².